The van der Waals surface area contributed by atoms with Crippen LogP contribution in [0, 0.1) is 5.92 Å². The van der Waals surface area contributed by atoms with Crippen LogP contribution in [0.1, 0.15) is 48.2 Å². The van der Waals surface area contributed by atoms with Gasteiger partial charge in [-0.15, -0.1) is 11.3 Å². The quantitative estimate of drug-likeness (QED) is 0.933. The highest BCUT2D eigenvalue weighted by Gasteiger charge is 2.28. The predicted molar refractivity (Wildman–Crippen MR) is 83.3 cm³/mol. The van der Waals surface area contributed by atoms with Crippen LogP contribution in [0.3, 0.4) is 0 Å². The number of hydrogen-bond donors (Lipinski definition) is 1. The zero-order valence-corrected chi connectivity index (χ0v) is 13.0. The fourth-order valence-corrected chi connectivity index (χ4v) is 3.98. The van der Waals surface area contributed by atoms with Gasteiger partial charge >= 0.3 is 0 Å². The molecule has 2 amide bonds. The van der Waals surface area contributed by atoms with E-state index in [0.29, 0.717) is 0 Å². The highest BCUT2D eigenvalue weighted by molar-refractivity contribution is 7.12. The van der Waals surface area contributed by atoms with Crippen molar-refractivity contribution in [3.05, 3.63) is 22.4 Å². The first kappa shape index (κ1) is 14.6. The molecule has 0 aromatic carbocycles. The topological polar surface area (TPSA) is 49.4 Å². The highest BCUT2D eigenvalue weighted by atomic mass is 32.1. The second-order valence-electron chi connectivity index (χ2n) is 6.03. The minimum Gasteiger partial charge on any atom is -0.353 e. The molecule has 1 aliphatic heterocycles. The van der Waals surface area contributed by atoms with Crippen LogP contribution >= 0.6 is 11.3 Å². The van der Waals surface area contributed by atoms with E-state index in [1.807, 2.05) is 22.4 Å². The second-order valence-corrected chi connectivity index (χ2v) is 6.98. The molecule has 0 unspecified atom stereocenters. The first-order valence-electron chi connectivity index (χ1n) is 7.87. The van der Waals surface area contributed by atoms with Gasteiger partial charge in [0.15, 0.2) is 0 Å². The number of likely N-dealkylation sites (tertiary alicyclic amines) is 1. The standard InChI is InChI=1S/C16H22N2O2S/c19-15(12-4-1-2-5-12)17-13-7-9-18(10-8-13)16(20)14-6-3-11-21-14/h3,6,11-13H,1-2,4-5,7-10H2,(H,17,19). The van der Waals surface area contributed by atoms with Gasteiger partial charge in [-0.3, -0.25) is 9.59 Å². The number of carbonyl (C=O) groups is 2. The van der Waals surface area contributed by atoms with Gasteiger partial charge in [0.2, 0.25) is 5.91 Å². The number of carbonyl (C=O) groups excluding carboxylic acids is 2. The van der Waals surface area contributed by atoms with Crippen molar-refractivity contribution >= 4 is 23.2 Å². The van der Waals surface area contributed by atoms with Crippen molar-refractivity contribution in [1.82, 2.24) is 10.2 Å². The molecule has 2 fully saturated rings. The number of hydrogen-bond acceptors (Lipinski definition) is 3. The maximum atomic E-state index is 12.2. The minimum atomic E-state index is 0.130. The molecule has 1 aliphatic carbocycles. The monoisotopic (exact) mass is 306 g/mol. The molecule has 1 aromatic heterocycles. The molecule has 4 nitrogen and oxygen atoms in total. The summed E-state index contributed by atoms with van der Waals surface area (Å²) in [6, 6.07) is 4.03. The normalized spacial score (nSPS) is 20.7. The molecule has 5 heteroatoms. The number of thiophene rings is 1. The van der Waals surface area contributed by atoms with Crippen molar-refractivity contribution in [2.75, 3.05) is 13.1 Å². The average molecular weight is 306 g/mol. The predicted octanol–water partition coefficient (Wildman–Crippen LogP) is 2.66. The van der Waals surface area contributed by atoms with E-state index in [1.165, 1.54) is 24.2 Å². The smallest absolute Gasteiger partial charge is 0.263 e. The highest BCUT2D eigenvalue weighted by Crippen LogP contribution is 2.25. The Morgan fingerprint density at radius 3 is 2.48 bits per heavy atom. The summed E-state index contributed by atoms with van der Waals surface area (Å²) < 4.78 is 0. The van der Waals surface area contributed by atoms with E-state index in [9.17, 15) is 9.59 Å². The van der Waals surface area contributed by atoms with E-state index in [0.717, 1.165) is 43.6 Å². The third-order valence-electron chi connectivity index (χ3n) is 4.59. The zero-order valence-electron chi connectivity index (χ0n) is 12.2. The number of nitrogens with zero attached hydrogens (tertiary/aromatic N) is 1. The van der Waals surface area contributed by atoms with E-state index >= 15 is 0 Å². The summed E-state index contributed by atoms with van der Waals surface area (Å²) in [5.74, 6) is 0.594. The van der Waals surface area contributed by atoms with Gasteiger partial charge in [0.25, 0.3) is 5.91 Å². The Bertz CT molecular complexity index is 486. The average Bonchev–Trinajstić information content (AvgIpc) is 3.20. The molecule has 1 N–H and O–H groups in total. The van der Waals surface area contributed by atoms with E-state index in [-0.39, 0.29) is 23.8 Å². The first-order chi connectivity index (χ1) is 10.2. The first-order valence-corrected chi connectivity index (χ1v) is 8.75. The SMILES string of the molecule is O=C(NC1CCN(C(=O)c2cccs2)CC1)C1CCCC1. The van der Waals surface area contributed by atoms with E-state index in [1.54, 1.807) is 0 Å². The van der Waals surface area contributed by atoms with E-state index in [4.69, 9.17) is 0 Å². The molecule has 114 valence electrons. The van der Waals surface area contributed by atoms with Crippen molar-refractivity contribution in [1.29, 1.82) is 0 Å². The van der Waals surface area contributed by atoms with E-state index in [2.05, 4.69) is 5.32 Å². The molecule has 1 aromatic rings. The molecule has 0 atom stereocenters. The third kappa shape index (κ3) is 3.46. The van der Waals surface area contributed by atoms with Crippen LogP contribution in [0.4, 0.5) is 0 Å². The van der Waals surface area contributed by atoms with Gasteiger partial charge in [-0.05, 0) is 37.1 Å². The Morgan fingerprint density at radius 2 is 1.86 bits per heavy atom. The van der Waals surface area contributed by atoms with E-state index < -0.39 is 0 Å². The Balaban J connectivity index is 1.46. The summed E-state index contributed by atoms with van der Waals surface area (Å²) in [6.45, 7) is 1.48. The molecule has 2 aliphatic rings. The Labute approximate surface area is 129 Å². The van der Waals surface area contributed by atoms with Gasteiger partial charge in [-0.2, -0.15) is 0 Å². The van der Waals surface area contributed by atoms with Crippen molar-refractivity contribution < 1.29 is 9.59 Å². The molecular formula is C16H22N2O2S. The number of rotatable bonds is 3. The number of amides is 2. The summed E-state index contributed by atoms with van der Waals surface area (Å²) in [6.07, 6.45) is 6.20. The molecule has 0 bridgehead atoms. The van der Waals surface area contributed by atoms with Gasteiger partial charge in [-0.1, -0.05) is 18.9 Å². The summed E-state index contributed by atoms with van der Waals surface area (Å²) >= 11 is 1.49. The molecule has 0 radical (unpaired) electrons. The van der Waals surface area contributed by atoms with Crippen molar-refractivity contribution in [2.24, 2.45) is 5.92 Å². The molecule has 1 saturated carbocycles. The van der Waals surface area contributed by atoms with Crippen LogP contribution in [-0.2, 0) is 4.79 Å². The maximum absolute atomic E-state index is 12.2. The summed E-state index contributed by atoms with van der Waals surface area (Å²) in [7, 11) is 0. The van der Waals surface area contributed by atoms with Gasteiger partial charge in [0.1, 0.15) is 0 Å². The van der Waals surface area contributed by atoms with Crippen LogP contribution in [0.15, 0.2) is 17.5 Å². The van der Waals surface area contributed by atoms with Crippen molar-refractivity contribution in [3.63, 3.8) is 0 Å². The largest absolute Gasteiger partial charge is 0.353 e. The lowest BCUT2D eigenvalue weighted by Crippen LogP contribution is -2.47. The molecular weight excluding hydrogens is 284 g/mol. The minimum absolute atomic E-state index is 0.130. The Kier molecular flexibility index (Phi) is 4.58. The zero-order chi connectivity index (χ0) is 14.7. The van der Waals surface area contributed by atoms with Crippen LogP contribution in [0.2, 0.25) is 0 Å². The molecule has 0 spiro atoms. The number of piperidine rings is 1. The van der Waals surface area contributed by atoms with Gasteiger partial charge in [0, 0.05) is 25.0 Å². The van der Waals surface area contributed by atoms with Crippen molar-refractivity contribution in [2.45, 2.75) is 44.6 Å². The summed E-state index contributed by atoms with van der Waals surface area (Å²) in [4.78, 5) is 27.1. The van der Waals surface area contributed by atoms with Gasteiger partial charge in [0.05, 0.1) is 4.88 Å². The van der Waals surface area contributed by atoms with Crippen LogP contribution in [0.25, 0.3) is 0 Å². The van der Waals surface area contributed by atoms with Gasteiger partial charge in [-0.25, -0.2) is 0 Å². The van der Waals surface area contributed by atoms with Crippen LogP contribution in [0.5, 0.6) is 0 Å². The molecule has 3 rings (SSSR count). The van der Waals surface area contributed by atoms with Crippen LogP contribution in [-0.4, -0.2) is 35.8 Å². The number of nitrogens with one attached hydrogen (secondary N) is 1. The summed E-state index contributed by atoms with van der Waals surface area (Å²) in [5, 5.41) is 5.11. The maximum Gasteiger partial charge on any atom is 0.263 e. The second kappa shape index (κ2) is 6.60. The van der Waals surface area contributed by atoms with Crippen molar-refractivity contribution in [3.8, 4) is 0 Å². The van der Waals surface area contributed by atoms with Crippen LogP contribution < -0.4 is 5.32 Å². The summed E-state index contributed by atoms with van der Waals surface area (Å²) in [5.41, 5.74) is 0. The molecule has 2 heterocycles. The Hall–Kier alpha value is -1.36. The fraction of sp³-hybridized carbons (Fsp3) is 0.625. The lowest BCUT2D eigenvalue weighted by atomic mass is 10.0. The third-order valence-corrected chi connectivity index (χ3v) is 5.44. The molecule has 1 saturated heterocycles. The van der Waals surface area contributed by atoms with Gasteiger partial charge < -0.3 is 10.2 Å². The fourth-order valence-electron chi connectivity index (χ4n) is 3.29. The lowest BCUT2D eigenvalue weighted by molar-refractivity contribution is -0.125. The Morgan fingerprint density at radius 1 is 1.14 bits per heavy atom. The lowest BCUT2D eigenvalue weighted by Gasteiger charge is -2.32. The molecule has 21 heavy (non-hydrogen) atoms.